The Hall–Kier alpha value is 0.400. The lowest BCUT2D eigenvalue weighted by Gasteiger charge is -2.41. The molecule has 0 aromatic carbocycles. The van der Waals surface area contributed by atoms with Gasteiger partial charge in [0.15, 0.2) is 0 Å². The fraction of sp³-hybridized carbons (Fsp3) is 1.00. The standard InChI is InChI=1S/C9H20NO.BrH/c1-10(2)7-4-3-5-9(10)6-8-11;/h9,11H,3-8H2,1-2H3;1H/q+1;/p-1. The zero-order chi connectivity index (χ0) is 8.32. The van der Waals surface area contributed by atoms with Crippen molar-refractivity contribution in [3.05, 3.63) is 0 Å². The molecule has 3 heteroatoms. The second-order valence-corrected chi connectivity index (χ2v) is 4.16. The van der Waals surface area contributed by atoms with Crippen LogP contribution in [0.1, 0.15) is 25.7 Å². The van der Waals surface area contributed by atoms with Crippen molar-refractivity contribution < 1.29 is 26.6 Å². The second-order valence-electron chi connectivity index (χ2n) is 4.16. The topological polar surface area (TPSA) is 20.2 Å². The highest BCUT2D eigenvalue weighted by atomic mass is 79.9. The maximum atomic E-state index is 8.84. The highest BCUT2D eigenvalue weighted by Crippen LogP contribution is 2.23. The Morgan fingerprint density at radius 2 is 2.00 bits per heavy atom. The molecule has 0 aliphatic carbocycles. The number of hydrogen-bond acceptors (Lipinski definition) is 1. The monoisotopic (exact) mass is 237 g/mol. The van der Waals surface area contributed by atoms with Gasteiger partial charge in [-0.25, -0.2) is 0 Å². The number of aliphatic hydroxyl groups is 1. The molecule has 0 aromatic heterocycles. The molecule has 1 unspecified atom stereocenters. The lowest BCUT2D eigenvalue weighted by atomic mass is 9.98. The van der Waals surface area contributed by atoms with Gasteiger partial charge < -0.3 is 26.6 Å². The van der Waals surface area contributed by atoms with E-state index >= 15 is 0 Å². The van der Waals surface area contributed by atoms with Crippen molar-refractivity contribution in [3.63, 3.8) is 0 Å². The van der Waals surface area contributed by atoms with Crippen LogP contribution in [0.4, 0.5) is 0 Å². The lowest BCUT2D eigenvalue weighted by molar-refractivity contribution is -0.920. The van der Waals surface area contributed by atoms with E-state index in [1.165, 1.54) is 25.8 Å². The SMILES string of the molecule is C[N+]1(C)CCCCC1CCO.[Br-]. The van der Waals surface area contributed by atoms with Crippen molar-refractivity contribution in [2.24, 2.45) is 0 Å². The molecule has 0 saturated carbocycles. The Bertz CT molecular complexity index is 126. The third-order valence-electron chi connectivity index (χ3n) is 2.97. The minimum atomic E-state index is 0. The molecule has 1 aliphatic heterocycles. The predicted molar refractivity (Wildman–Crippen MR) is 46.3 cm³/mol. The van der Waals surface area contributed by atoms with Gasteiger partial charge in [0.05, 0.1) is 26.7 Å². The van der Waals surface area contributed by atoms with Gasteiger partial charge in [0.25, 0.3) is 0 Å². The first kappa shape index (κ1) is 12.4. The molecule has 0 radical (unpaired) electrons. The van der Waals surface area contributed by atoms with E-state index in [4.69, 9.17) is 5.11 Å². The van der Waals surface area contributed by atoms with Gasteiger partial charge in [-0.1, -0.05) is 0 Å². The van der Waals surface area contributed by atoms with Crippen molar-refractivity contribution in [3.8, 4) is 0 Å². The van der Waals surface area contributed by atoms with Gasteiger partial charge in [-0.05, 0) is 19.3 Å². The van der Waals surface area contributed by atoms with Crippen LogP contribution in [-0.2, 0) is 0 Å². The lowest BCUT2D eigenvalue weighted by Crippen LogP contribution is -3.00. The number of quaternary nitrogens is 1. The predicted octanol–water partition coefficient (Wildman–Crippen LogP) is -2.00. The number of piperidine rings is 1. The van der Waals surface area contributed by atoms with Gasteiger partial charge in [-0.15, -0.1) is 0 Å². The molecule has 12 heavy (non-hydrogen) atoms. The quantitative estimate of drug-likeness (QED) is 0.552. The van der Waals surface area contributed by atoms with Crippen molar-refractivity contribution in [2.75, 3.05) is 27.2 Å². The molecule has 1 N–H and O–H groups in total. The maximum Gasteiger partial charge on any atom is 0.0908 e. The number of likely N-dealkylation sites (tertiary alicyclic amines) is 1. The average molecular weight is 238 g/mol. The average Bonchev–Trinajstić information content (AvgIpc) is 1.94. The molecule has 1 heterocycles. The summed E-state index contributed by atoms with van der Waals surface area (Å²) in [6.07, 6.45) is 4.99. The van der Waals surface area contributed by atoms with Gasteiger partial charge in [-0.3, -0.25) is 0 Å². The van der Waals surface area contributed by atoms with Crippen molar-refractivity contribution in [1.29, 1.82) is 0 Å². The summed E-state index contributed by atoms with van der Waals surface area (Å²) in [5, 5.41) is 8.84. The first-order valence-electron chi connectivity index (χ1n) is 4.60. The van der Waals surface area contributed by atoms with Crippen molar-refractivity contribution in [1.82, 2.24) is 0 Å². The Morgan fingerprint density at radius 3 is 2.50 bits per heavy atom. The zero-order valence-corrected chi connectivity index (χ0v) is 9.68. The third kappa shape index (κ3) is 3.04. The van der Waals surface area contributed by atoms with E-state index in [1.54, 1.807) is 0 Å². The van der Waals surface area contributed by atoms with E-state index in [0.29, 0.717) is 12.6 Å². The van der Waals surface area contributed by atoms with E-state index in [2.05, 4.69) is 14.1 Å². The van der Waals surface area contributed by atoms with Crippen LogP contribution in [-0.4, -0.2) is 42.9 Å². The smallest absolute Gasteiger partial charge is 0.0908 e. The van der Waals surface area contributed by atoms with Gasteiger partial charge in [0.2, 0.25) is 0 Å². The van der Waals surface area contributed by atoms with E-state index in [1.807, 2.05) is 0 Å². The van der Waals surface area contributed by atoms with Gasteiger partial charge in [-0.2, -0.15) is 0 Å². The minimum absolute atomic E-state index is 0. The number of hydrogen-bond donors (Lipinski definition) is 1. The molecule has 1 rings (SSSR count). The molecular formula is C9H20BrNO. The Labute approximate surface area is 85.9 Å². The van der Waals surface area contributed by atoms with Crippen molar-refractivity contribution in [2.45, 2.75) is 31.7 Å². The Morgan fingerprint density at radius 1 is 1.33 bits per heavy atom. The Balaban J connectivity index is 0.00000121. The van der Waals surface area contributed by atoms with Crippen LogP contribution in [0.3, 0.4) is 0 Å². The van der Waals surface area contributed by atoms with Crippen LogP contribution in [0.5, 0.6) is 0 Å². The summed E-state index contributed by atoms with van der Waals surface area (Å²) in [4.78, 5) is 0. The molecule has 0 amide bonds. The highest BCUT2D eigenvalue weighted by Gasteiger charge is 2.30. The van der Waals surface area contributed by atoms with Crippen LogP contribution in [0, 0.1) is 0 Å². The summed E-state index contributed by atoms with van der Waals surface area (Å²) >= 11 is 0. The van der Waals surface area contributed by atoms with Gasteiger partial charge in [0, 0.05) is 13.0 Å². The normalized spacial score (nSPS) is 27.8. The Kier molecular flexibility index (Phi) is 5.37. The number of nitrogens with zero attached hydrogens (tertiary/aromatic N) is 1. The fourth-order valence-corrected chi connectivity index (χ4v) is 2.07. The molecular weight excluding hydrogens is 218 g/mol. The number of halogens is 1. The molecule has 2 nitrogen and oxygen atoms in total. The summed E-state index contributed by atoms with van der Waals surface area (Å²) in [6.45, 7) is 1.64. The van der Waals surface area contributed by atoms with E-state index in [9.17, 15) is 0 Å². The summed E-state index contributed by atoms with van der Waals surface area (Å²) in [6, 6.07) is 0.703. The van der Waals surface area contributed by atoms with Gasteiger partial charge >= 0.3 is 0 Å². The maximum absolute atomic E-state index is 8.84. The first-order valence-corrected chi connectivity index (χ1v) is 4.60. The minimum Gasteiger partial charge on any atom is -1.00 e. The van der Waals surface area contributed by atoms with Crippen LogP contribution >= 0.6 is 0 Å². The van der Waals surface area contributed by atoms with Gasteiger partial charge in [0.1, 0.15) is 0 Å². The summed E-state index contributed by atoms with van der Waals surface area (Å²) < 4.78 is 1.11. The molecule has 1 fully saturated rings. The summed E-state index contributed by atoms with van der Waals surface area (Å²) in [7, 11) is 4.55. The molecule has 74 valence electrons. The molecule has 0 spiro atoms. The number of aliphatic hydroxyl groups excluding tert-OH is 1. The van der Waals surface area contributed by atoms with E-state index in [0.717, 1.165) is 10.9 Å². The second kappa shape index (κ2) is 5.20. The first-order chi connectivity index (χ1) is 5.17. The largest absolute Gasteiger partial charge is 1.00 e. The third-order valence-corrected chi connectivity index (χ3v) is 2.97. The fourth-order valence-electron chi connectivity index (χ4n) is 2.07. The molecule has 0 aromatic rings. The summed E-state index contributed by atoms with van der Waals surface area (Å²) in [5.41, 5.74) is 0. The number of rotatable bonds is 2. The highest BCUT2D eigenvalue weighted by molar-refractivity contribution is 4.63. The summed E-state index contributed by atoms with van der Waals surface area (Å²) in [5.74, 6) is 0. The van der Waals surface area contributed by atoms with Crippen LogP contribution in [0.2, 0.25) is 0 Å². The molecule has 0 bridgehead atoms. The van der Waals surface area contributed by atoms with Crippen LogP contribution < -0.4 is 17.0 Å². The zero-order valence-electron chi connectivity index (χ0n) is 8.09. The van der Waals surface area contributed by atoms with Crippen molar-refractivity contribution >= 4 is 0 Å². The van der Waals surface area contributed by atoms with Crippen LogP contribution in [0.25, 0.3) is 0 Å². The molecule has 1 saturated heterocycles. The van der Waals surface area contributed by atoms with Crippen LogP contribution in [0.15, 0.2) is 0 Å². The van der Waals surface area contributed by atoms with E-state index in [-0.39, 0.29) is 17.0 Å². The molecule has 1 atom stereocenters. The molecule has 1 aliphatic rings. The van der Waals surface area contributed by atoms with E-state index < -0.39 is 0 Å².